The second kappa shape index (κ2) is 6.70. The van der Waals surface area contributed by atoms with Crippen molar-refractivity contribution in [2.24, 2.45) is 5.73 Å². The Bertz CT molecular complexity index is 1110. The first-order chi connectivity index (χ1) is 13.6. The Morgan fingerprint density at radius 2 is 1.38 bits per heavy atom. The molecule has 1 unspecified atom stereocenters. The molecule has 0 saturated carbocycles. The van der Waals surface area contributed by atoms with E-state index in [4.69, 9.17) is 5.73 Å². The molecule has 3 aromatic rings. The van der Waals surface area contributed by atoms with Gasteiger partial charge in [-0.25, -0.2) is 4.79 Å². The summed E-state index contributed by atoms with van der Waals surface area (Å²) in [7, 11) is 0. The zero-order valence-electron chi connectivity index (χ0n) is 17.6. The highest BCUT2D eigenvalue weighted by Crippen LogP contribution is 2.46. The van der Waals surface area contributed by atoms with Crippen LogP contribution in [0.5, 0.6) is 0 Å². The molecule has 3 N–H and O–H groups in total. The molecule has 3 aromatic carbocycles. The van der Waals surface area contributed by atoms with Crippen molar-refractivity contribution in [3.05, 3.63) is 82.4 Å². The third-order valence-corrected chi connectivity index (χ3v) is 6.71. The number of benzene rings is 3. The fourth-order valence-corrected chi connectivity index (χ4v) is 4.58. The van der Waals surface area contributed by atoms with Crippen LogP contribution in [0.15, 0.2) is 54.6 Å². The maximum Gasteiger partial charge on any atom is 0.335 e. The summed E-state index contributed by atoms with van der Waals surface area (Å²) >= 11 is 0. The highest BCUT2D eigenvalue weighted by molar-refractivity contribution is 5.94. The molecular weight excluding hydrogens is 358 g/mol. The van der Waals surface area contributed by atoms with Crippen molar-refractivity contribution in [3.8, 4) is 0 Å². The average molecular weight is 388 g/mol. The first-order valence-corrected chi connectivity index (χ1v) is 10.3. The Kier molecular flexibility index (Phi) is 4.54. The number of carboxylic acid groups (broad SMARTS) is 1. The van der Waals surface area contributed by atoms with Crippen LogP contribution in [0.25, 0.3) is 10.8 Å². The Hall–Kier alpha value is -2.65. The molecule has 150 valence electrons. The minimum Gasteiger partial charge on any atom is -0.478 e. The molecule has 29 heavy (non-hydrogen) atoms. The molecule has 0 aromatic heterocycles. The summed E-state index contributed by atoms with van der Waals surface area (Å²) < 4.78 is 0. The van der Waals surface area contributed by atoms with Crippen LogP contribution >= 0.6 is 0 Å². The molecule has 1 atom stereocenters. The first kappa shape index (κ1) is 19.7. The van der Waals surface area contributed by atoms with Gasteiger partial charge in [-0.3, -0.25) is 0 Å². The molecule has 0 amide bonds. The fourth-order valence-electron chi connectivity index (χ4n) is 4.58. The standard InChI is InChI=1S/C26H29NO2/c1-25(2)11-12-26(3,4)22-15-19(9-10-21(22)25)23(27)18-7-5-17-14-20(24(28)29)8-6-16(17)13-18/h5-10,13-15,23H,11-12,27H2,1-4H3,(H,28,29). The van der Waals surface area contributed by atoms with Gasteiger partial charge in [0.05, 0.1) is 11.6 Å². The molecule has 1 aliphatic rings. The lowest BCUT2D eigenvalue weighted by Crippen LogP contribution is -2.34. The normalized spacial score (nSPS) is 18.2. The second-order valence-corrected chi connectivity index (χ2v) is 9.68. The fraction of sp³-hybridized carbons (Fsp3) is 0.346. The molecule has 0 radical (unpaired) electrons. The molecule has 0 fully saturated rings. The van der Waals surface area contributed by atoms with Crippen molar-refractivity contribution in [1.82, 2.24) is 0 Å². The van der Waals surface area contributed by atoms with Crippen molar-refractivity contribution in [2.75, 3.05) is 0 Å². The summed E-state index contributed by atoms with van der Waals surface area (Å²) in [5, 5.41) is 11.1. The number of carbonyl (C=O) groups is 1. The van der Waals surface area contributed by atoms with Gasteiger partial charge < -0.3 is 10.8 Å². The summed E-state index contributed by atoms with van der Waals surface area (Å²) in [4.78, 5) is 11.2. The lowest BCUT2D eigenvalue weighted by atomic mass is 9.63. The highest BCUT2D eigenvalue weighted by Gasteiger charge is 2.37. The average Bonchev–Trinajstić information content (AvgIpc) is 2.70. The van der Waals surface area contributed by atoms with Gasteiger partial charge in [-0.05, 0) is 74.9 Å². The zero-order valence-corrected chi connectivity index (χ0v) is 17.6. The van der Waals surface area contributed by atoms with E-state index in [9.17, 15) is 9.90 Å². The monoisotopic (exact) mass is 387 g/mol. The number of carboxylic acids is 1. The van der Waals surface area contributed by atoms with Gasteiger partial charge in [-0.1, -0.05) is 64.1 Å². The largest absolute Gasteiger partial charge is 0.478 e. The highest BCUT2D eigenvalue weighted by atomic mass is 16.4. The topological polar surface area (TPSA) is 63.3 Å². The van der Waals surface area contributed by atoms with Crippen molar-refractivity contribution in [1.29, 1.82) is 0 Å². The number of hydrogen-bond acceptors (Lipinski definition) is 2. The lowest BCUT2D eigenvalue weighted by molar-refractivity contribution is 0.0697. The third-order valence-electron chi connectivity index (χ3n) is 6.71. The molecule has 0 aliphatic heterocycles. The summed E-state index contributed by atoms with van der Waals surface area (Å²) in [6, 6.07) is 17.8. The van der Waals surface area contributed by atoms with Crippen molar-refractivity contribution in [2.45, 2.75) is 57.4 Å². The van der Waals surface area contributed by atoms with Crippen LogP contribution < -0.4 is 5.73 Å². The molecule has 3 heteroatoms. The number of aromatic carboxylic acids is 1. The number of fused-ring (bicyclic) bond motifs is 2. The van der Waals surface area contributed by atoms with Gasteiger partial charge in [0.2, 0.25) is 0 Å². The Morgan fingerprint density at radius 3 is 2.07 bits per heavy atom. The zero-order chi connectivity index (χ0) is 21.0. The predicted octanol–water partition coefficient (Wildman–Crippen LogP) is 5.94. The van der Waals surface area contributed by atoms with Gasteiger partial charge in [0.25, 0.3) is 0 Å². The van der Waals surface area contributed by atoms with Crippen molar-refractivity contribution in [3.63, 3.8) is 0 Å². The molecule has 0 spiro atoms. The maximum atomic E-state index is 11.2. The molecular formula is C26H29NO2. The van der Waals surface area contributed by atoms with Gasteiger partial charge in [-0.2, -0.15) is 0 Å². The molecule has 4 rings (SSSR count). The maximum absolute atomic E-state index is 11.2. The van der Waals surface area contributed by atoms with Gasteiger partial charge >= 0.3 is 5.97 Å². The van der Waals surface area contributed by atoms with Crippen molar-refractivity contribution >= 4 is 16.7 Å². The Labute approximate surface area is 172 Å². The summed E-state index contributed by atoms with van der Waals surface area (Å²) in [6.45, 7) is 9.31. The molecule has 0 heterocycles. The van der Waals surface area contributed by atoms with Gasteiger partial charge in [-0.15, -0.1) is 0 Å². The molecule has 3 nitrogen and oxygen atoms in total. The lowest BCUT2D eigenvalue weighted by Gasteiger charge is -2.42. The minimum atomic E-state index is -0.910. The van der Waals surface area contributed by atoms with Crippen LogP contribution in [0.3, 0.4) is 0 Å². The van der Waals surface area contributed by atoms with E-state index in [1.807, 2.05) is 18.2 Å². The summed E-state index contributed by atoms with van der Waals surface area (Å²) in [5.41, 5.74) is 12.3. The molecule has 0 saturated heterocycles. The van der Waals surface area contributed by atoms with Crippen molar-refractivity contribution < 1.29 is 9.90 Å². The summed E-state index contributed by atoms with van der Waals surface area (Å²) in [5.74, 6) is -0.910. The Morgan fingerprint density at radius 1 is 0.828 bits per heavy atom. The molecule has 1 aliphatic carbocycles. The van der Waals surface area contributed by atoms with E-state index in [1.165, 1.54) is 24.0 Å². The van der Waals surface area contributed by atoms with Crippen LogP contribution in [0.1, 0.15) is 79.2 Å². The van der Waals surface area contributed by atoms with E-state index in [1.54, 1.807) is 12.1 Å². The Balaban J connectivity index is 1.74. The molecule has 0 bridgehead atoms. The minimum absolute atomic E-state index is 0.150. The predicted molar refractivity (Wildman–Crippen MR) is 119 cm³/mol. The van der Waals surface area contributed by atoms with E-state index in [2.05, 4.69) is 52.0 Å². The van der Waals surface area contributed by atoms with Crippen LogP contribution in [0.2, 0.25) is 0 Å². The van der Waals surface area contributed by atoms with E-state index < -0.39 is 5.97 Å². The van der Waals surface area contributed by atoms with Gasteiger partial charge in [0, 0.05) is 0 Å². The van der Waals surface area contributed by atoms with E-state index in [0.717, 1.165) is 21.9 Å². The van der Waals surface area contributed by atoms with Gasteiger partial charge in [0.1, 0.15) is 0 Å². The number of nitrogens with two attached hydrogens (primary N) is 1. The van der Waals surface area contributed by atoms with Crippen LogP contribution in [0, 0.1) is 0 Å². The number of hydrogen-bond donors (Lipinski definition) is 2. The quantitative estimate of drug-likeness (QED) is 0.585. The first-order valence-electron chi connectivity index (χ1n) is 10.3. The van der Waals surface area contributed by atoms with Gasteiger partial charge in [0.15, 0.2) is 0 Å². The smallest absolute Gasteiger partial charge is 0.335 e. The van der Waals surface area contributed by atoms with E-state index >= 15 is 0 Å². The SMILES string of the molecule is CC1(C)CCC(C)(C)c2cc(C(N)c3ccc4cc(C(=O)O)ccc4c3)ccc21. The summed E-state index contributed by atoms with van der Waals surface area (Å²) in [6.07, 6.45) is 2.37. The number of rotatable bonds is 3. The van der Waals surface area contributed by atoms with Crippen LogP contribution in [0.4, 0.5) is 0 Å². The van der Waals surface area contributed by atoms with Crippen LogP contribution in [-0.4, -0.2) is 11.1 Å². The van der Waals surface area contributed by atoms with E-state index in [0.29, 0.717) is 5.56 Å². The third kappa shape index (κ3) is 3.44. The van der Waals surface area contributed by atoms with E-state index in [-0.39, 0.29) is 16.9 Å². The van der Waals surface area contributed by atoms with Crippen LogP contribution in [-0.2, 0) is 10.8 Å². The second-order valence-electron chi connectivity index (χ2n) is 9.68.